The summed E-state index contributed by atoms with van der Waals surface area (Å²) in [5, 5.41) is 4.29. The van der Waals surface area contributed by atoms with Gasteiger partial charge in [-0.05, 0) is 42.7 Å². The molecule has 0 amide bonds. The van der Waals surface area contributed by atoms with E-state index < -0.39 is 21.8 Å². The number of pyridine rings is 1. The average molecular weight is 438 g/mol. The molecule has 160 valence electrons. The van der Waals surface area contributed by atoms with Gasteiger partial charge in [0.05, 0.1) is 10.5 Å². The van der Waals surface area contributed by atoms with Gasteiger partial charge in [0.1, 0.15) is 5.65 Å². The molecule has 0 aliphatic carbocycles. The molecule has 2 atom stereocenters. The molecule has 10 heteroatoms. The molecule has 6 nitrogen and oxygen atoms in total. The molecule has 2 N–H and O–H groups in total. The van der Waals surface area contributed by atoms with Crippen LogP contribution < -0.4 is 5.32 Å². The Balaban J connectivity index is 1.59. The number of fused-ring (bicyclic) bond motifs is 1. The lowest BCUT2D eigenvalue weighted by atomic mass is 9.94. The summed E-state index contributed by atoms with van der Waals surface area (Å²) < 4.78 is 66.5. The average Bonchev–Trinajstić information content (AvgIpc) is 3.19. The van der Waals surface area contributed by atoms with Crippen LogP contribution in [0, 0.1) is 5.92 Å². The largest absolute Gasteiger partial charge is 0.416 e. The zero-order chi connectivity index (χ0) is 21.5. The van der Waals surface area contributed by atoms with Crippen LogP contribution in [0.4, 0.5) is 18.9 Å². The number of H-pyrrole nitrogens is 1. The quantitative estimate of drug-likeness (QED) is 0.643. The number of hydrogen-bond donors (Lipinski definition) is 2. The third-order valence-corrected chi connectivity index (χ3v) is 7.38. The molecule has 30 heavy (non-hydrogen) atoms. The first-order chi connectivity index (χ1) is 14.2. The van der Waals surface area contributed by atoms with E-state index in [9.17, 15) is 21.6 Å². The van der Waals surface area contributed by atoms with Crippen molar-refractivity contribution >= 4 is 26.7 Å². The molecule has 3 aromatic rings. The molecule has 1 aliphatic rings. The molecule has 1 saturated heterocycles. The van der Waals surface area contributed by atoms with Crippen LogP contribution in [0.15, 0.2) is 53.7 Å². The molecule has 1 aliphatic heterocycles. The van der Waals surface area contributed by atoms with Crippen molar-refractivity contribution in [1.82, 2.24) is 14.3 Å². The minimum atomic E-state index is -4.60. The number of halogens is 3. The molecule has 0 bridgehead atoms. The minimum absolute atomic E-state index is 0.161. The van der Waals surface area contributed by atoms with E-state index in [0.717, 1.165) is 28.9 Å². The zero-order valence-corrected chi connectivity index (χ0v) is 17.0. The predicted octanol–water partition coefficient (Wildman–Crippen LogP) is 4.09. The standard InChI is InChI=1S/C20H21F3N4O2S/c1-13-7-10-27(30(28,29)15-4-2-3-14(11-15)20(21,22)23)12-18(13)26-17-6-9-25-19-16(17)5-8-24-19/h2-6,8-9,11,13,18H,7,10,12H2,1H3,(H2,24,25,26). The normalized spacial score (nSPS) is 21.1. The molecular weight excluding hydrogens is 417 g/mol. The van der Waals surface area contributed by atoms with Gasteiger partial charge in [0.2, 0.25) is 10.0 Å². The highest BCUT2D eigenvalue weighted by Crippen LogP contribution is 2.32. The van der Waals surface area contributed by atoms with Crippen molar-refractivity contribution in [1.29, 1.82) is 0 Å². The molecule has 4 rings (SSSR count). The van der Waals surface area contributed by atoms with Crippen LogP contribution in [-0.4, -0.2) is 41.8 Å². The number of aromatic nitrogens is 2. The predicted molar refractivity (Wildman–Crippen MR) is 107 cm³/mol. The van der Waals surface area contributed by atoms with E-state index in [4.69, 9.17) is 0 Å². The van der Waals surface area contributed by atoms with Gasteiger partial charge < -0.3 is 10.3 Å². The van der Waals surface area contributed by atoms with Crippen LogP contribution in [0.3, 0.4) is 0 Å². The molecule has 1 aromatic carbocycles. The maximum atomic E-state index is 13.1. The Morgan fingerprint density at radius 3 is 2.80 bits per heavy atom. The van der Waals surface area contributed by atoms with Gasteiger partial charge in [-0.2, -0.15) is 17.5 Å². The van der Waals surface area contributed by atoms with E-state index in [-0.39, 0.29) is 29.9 Å². The maximum Gasteiger partial charge on any atom is 0.416 e. The number of nitrogens with zero attached hydrogens (tertiary/aromatic N) is 2. The number of benzene rings is 1. The Morgan fingerprint density at radius 1 is 1.23 bits per heavy atom. The molecule has 1 fully saturated rings. The Bertz CT molecular complexity index is 1160. The van der Waals surface area contributed by atoms with Gasteiger partial charge in [-0.25, -0.2) is 13.4 Å². The van der Waals surface area contributed by atoms with Gasteiger partial charge >= 0.3 is 6.18 Å². The zero-order valence-electron chi connectivity index (χ0n) is 16.1. The smallest absolute Gasteiger partial charge is 0.380 e. The number of anilines is 1. The fraction of sp³-hybridized carbons (Fsp3) is 0.350. The molecule has 3 heterocycles. The number of rotatable bonds is 4. The Hall–Kier alpha value is -2.59. The lowest BCUT2D eigenvalue weighted by Gasteiger charge is -2.37. The van der Waals surface area contributed by atoms with Gasteiger partial charge in [-0.3, -0.25) is 0 Å². The van der Waals surface area contributed by atoms with Crippen LogP contribution in [-0.2, 0) is 16.2 Å². The van der Waals surface area contributed by atoms with Crippen LogP contribution in [0.2, 0.25) is 0 Å². The number of hydrogen-bond acceptors (Lipinski definition) is 4. The van der Waals surface area contributed by atoms with Crippen LogP contribution in [0.25, 0.3) is 11.0 Å². The van der Waals surface area contributed by atoms with Crippen LogP contribution >= 0.6 is 0 Å². The van der Waals surface area contributed by atoms with E-state index in [0.29, 0.717) is 12.5 Å². The summed E-state index contributed by atoms with van der Waals surface area (Å²) in [4.78, 5) is 6.93. The molecule has 0 saturated carbocycles. The van der Waals surface area contributed by atoms with Gasteiger partial charge in [0.25, 0.3) is 0 Å². The minimum Gasteiger partial charge on any atom is -0.380 e. The second kappa shape index (κ2) is 7.59. The summed E-state index contributed by atoms with van der Waals surface area (Å²) in [7, 11) is -4.05. The van der Waals surface area contributed by atoms with Gasteiger partial charge in [-0.1, -0.05) is 13.0 Å². The molecule has 2 aromatic heterocycles. The molecular formula is C20H21F3N4O2S. The second-order valence-corrected chi connectivity index (χ2v) is 9.44. The van der Waals surface area contributed by atoms with Gasteiger partial charge in [0.15, 0.2) is 0 Å². The van der Waals surface area contributed by atoms with E-state index in [1.165, 1.54) is 10.4 Å². The first-order valence-corrected chi connectivity index (χ1v) is 11.0. The molecule has 0 spiro atoms. The van der Waals surface area contributed by atoms with Crippen molar-refractivity contribution in [2.24, 2.45) is 5.92 Å². The van der Waals surface area contributed by atoms with E-state index in [2.05, 4.69) is 15.3 Å². The van der Waals surface area contributed by atoms with Crippen LogP contribution in [0.5, 0.6) is 0 Å². The molecule has 0 radical (unpaired) electrons. The summed E-state index contributed by atoms with van der Waals surface area (Å²) in [5.41, 5.74) is 0.573. The Labute approximate surface area is 172 Å². The topological polar surface area (TPSA) is 78.1 Å². The van der Waals surface area contributed by atoms with Crippen molar-refractivity contribution in [3.8, 4) is 0 Å². The number of piperidine rings is 1. The lowest BCUT2D eigenvalue weighted by molar-refractivity contribution is -0.137. The summed E-state index contributed by atoms with van der Waals surface area (Å²) in [6.07, 6.45) is -0.574. The van der Waals surface area contributed by atoms with Gasteiger partial charge in [-0.15, -0.1) is 0 Å². The highest BCUT2D eigenvalue weighted by Gasteiger charge is 2.36. The van der Waals surface area contributed by atoms with Crippen molar-refractivity contribution < 1.29 is 21.6 Å². The SMILES string of the molecule is CC1CCN(S(=O)(=O)c2cccc(C(F)(F)F)c2)CC1Nc1ccnc2[nH]ccc12. The fourth-order valence-corrected chi connectivity index (χ4v) is 5.24. The number of sulfonamides is 1. The first-order valence-electron chi connectivity index (χ1n) is 9.52. The fourth-order valence-electron chi connectivity index (χ4n) is 3.71. The molecule has 2 unspecified atom stereocenters. The van der Waals surface area contributed by atoms with E-state index in [1.807, 2.05) is 19.1 Å². The van der Waals surface area contributed by atoms with Gasteiger partial charge in [0, 0.05) is 42.6 Å². The van der Waals surface area contributed by atoms with Crippen molar-refractivity contribution in [3.63, 3.8) is 0 Å². The Kier molecular flexibility index (Phi) is 5.23. The maximum absolute atomic E-state index is 13.1. The second-order valence-electron chi connectivity index (χ2n) is 7.50. The Morgan fingerprint density at radius 2 is 2.03 bits per heavy atom. The van der Waals surface area contributed by atoms with Crippen LogP contribution in [0.1, 0.15) is 18.9 Å². The number of aromatic amines is 1. The number of nitrogens with one attached hydrogen (secondary N) is 2. The van der Waals surface area contributed by atoms with E-state index in [1.54, 1.807) is 12.4 Å². The number of alkyl halides is 3. The first kappa shape index (κ1) is 20.7. The van der Waals surface area contributed by atoms with Crippen molar-refractivity contribution in [2.75, 3.05) is 18.4 Å². The van der Waals surface area contributed by atoms with Crippen molar-refractivity contribution in [2.45, 2.75) is 30.5 Å². The highest BCUT2D eigenvalue weighted by molar-refractivity contribution is 7.89. The summed E-state index contributed by atoms with van der Waals surface area (Å²) in [6, 6.07) is 7.41. The lowest BCUT2D eigenvalue weighted by Crippen LogP contribution is -2.49. The monoisotopic (exact) mass is 438 g/mol. The summed E-state index contributed by atoms with van der Waals surface area (Å²) in [5.74, 6) is 0.181. The summed E-state index contributed by atoms with van der Waals surface area (Å²) in [6.45, 7) is 2.45. The summed E-state index contributed by atoms with van der Waals surface area (Å²) >= 11 is 0. The van der Waals surface area contributed by atoms with Crippen molar-refractivity contribution in [3.05, 3.63) is 54.4 Å². The third kappa shape index (κ3) is 3.89. The van der Waals surface area contributed by atoms with E-state index >= 15 is 0 Å². The highest BCUT2D eigenvalue weighted by atomic mass is 32.2. The third-order valence-electron chi connectivity index (χ3n) is 5.52.